The smallest absolute Gasteiger partial charge is 0.274 e. The van der Waals surface area contributed by atoms with Crippen molar-refractivity contribution in [3.05, 3.63) is 17.8 Å². The summed E-state index contributed by atoms with van der Waals surface area (Å²) >= 11 is 0. The molecule has 0 aromatic carbocycles. The van der Waals surface area contributed by atoms with Crippen LogP contribution in [-0.4, -0.2) is 47.7 Å². The molecule has 0 N–H and O–H groups in total. The Bertz CT molecular complexity index is 387. The van der Waals surface area contributed by atoms with Gasteiger partial charge in [-0.1, -0.05) is 13.3 Å². The molecule has 0 fully saturated rings. The molecule has 0 unspecified atom stereocenters. The van der Waals surface area contributed by atoms with Gasteiger partial charge in [-0.05, 0) is 32.4 Å². The Labute approximate surface area is 115 Å². The predicted molar refractivity (Wildman–Crippen MR) is 77.5 cm³/mol. The van der Waals surface area contributed by atoms with E-state index in [1.807, 2.05) is 27.0 Å². The molecule has 1 heterocycles. The number of hydrogen-bond acceptors (Lipinski definition) is 4. The van der Waals surface area contributed by atoms with Gasteiger partial charge in [-0.3, -0.25) is 4.79 Å². The van der Waals surface area contributed by atoms with E-state index in [0.29, 0.717) is 18.8 Å². The summed E-state index contributed by atoms with van der Waals surface area (Å²) in [6.07, 6.45) is 2.27. The molecule has 19 heavy (non-hydrogen) atoms. The third-order valence-corrected chi connectivity index (χ3v) is 3.16. The molecule has 0 aliphatic rings. The van der Waals surface area contributed by atoms with Gasteiger partial charge in [0, 0.05) is 26.7 Å². The van der Waals surface area contributed by atoms with Crippen LogP contribution < -0.4 is 4.90 Å². The minimum absolute atomic E-state index is 0.0553. The Balaban J connectivity index is 2.73. The second-order valence-corrected chi connectivity index (χ2v) is 4.53. The van der Waals surface area contributed by atoms with Crippen molar-refractivity contribution in [1.82, 2.24) is 15.1 Å². The van der Waals surface area contributed by atoms with E-state index in [4.69, 9.17) is 0 Å². The molecule has 5 heteroatoms. The van der Waals surface area contributed by atoms with Gasteiger partial charge in [0.05, 0.1) is 0 Å². The molecule has 1 rings (SSSR count). The molecule has 0 aliphatic carbocycles. The monoisotopic (exact) mass is 264 g/mol. The summed E-state index contributed by atoms with van der Waals surface area (Å²) in [5, 5.41) is 8.17. The fourth-order valence-corrected chi connectivity index (χ4v) is 1.83. The highest BCUT2D eigenvalue weighted by Crippen LogP contribution is 2.09. The maximum Gasteiger partial charge on any atom is 0.274 e. The van der Waals surface area contributed by atoms with Crippen LogP contribution in [0.1, 0.15) is 44.1 Å². The predicted octanol–water partition coefficient (Wildman–Crippen LogP) is 2.19. The minimum Gasteiger partial charge on any atom is -0.358 e. The van der Waals surface area contributed by atoms with Crippen molar-refractivity contribution in [2.45, 2.75) is 33.6 Å². The lowest BCUT2D eigenvalue weighted by Gasteiger charge is -2.19. The number of rotatable bonds is 7. The van der Waals surface area contributed by atoms with Gasteiger partial charge in [-0.15, -0.1) is 10.2 Å². The van der Waals surface area contributed by atoms with Gasteiger partial charge in [0.15, 0.2) is 11.5 Å². The van der Waals surface area contributed by atoms with E-state index >= 15 is 0 Å². The maximum absolute atomic E-state index is 12.1. The zero-order valence-electron chi connectivity index (χ0n) is 12.4. The highest BCUT2D eigenvalue weighted by molar-refractivity contribution is 5.92. The molecular weight excluding hydrogens is 240 g/mol. The van der Waals surface area contributed by atoms with Crippen molar-refractivity contribution in [2.75, 3.05) is 31.6 Å². The third kappa shape index (κ3) is 4.19. The lowest BCUT2D eigenvalue weighted by molar-refractivity contribution is 0.0766. The van der Waals surface area contributed by atoms with Crippen molar-refractivity contribution in [3.63, 3.8) is 0 Å². The quantitative estimate of drug-likeness (QED) is 0.757. The zero-order chi connectivity index (χ0) is 14.3. The van der Waals surface area contributed by atoms with Crippen LogP contribution in [0.5, 0.6) is 0 Å². The van der Waals surface area contributed by atoms with E-state index in [9.17, 15) is 4.79 Å². The molecule has 0 bridgehead atoms. The fraction of sp³-hybridized carbons (Fsp3) is 0.643. The van der Waals surface area contributed by atoms with E-state index in [1.54, 1.807) is 11.0 Å². The Morgan fingerprint density at radius 2 is 1.84 bits per heavy atom. The van der Waals surface area contributed by atoms with Gasteiger partial charge in [0.2, 0.25) is 0 Å². The molecule has 0 aliphatic heterocycles. The SMILES string of the molecule is CCCCN(C)c1ccc(C(=O)N(CC)CC)nn1. The summed E-state index contributed by atoms with van der Waals surface area (Å²) < 4.78 is 0. The number of carbonyl (C=O) groups is 1. The average Bonchev–Trinajstić information content (AvgIpc) is 2.46. The number of nitrogens with zero attached hydrogens (tertiary/aromatic N) is 4. The van der Waals surface area contributed by atoms with Crippen molar-refractivity contribution >= 4 is 11.7 Å². The van der Waals surface area contributed by atoms with Crippen LogP contribution in [0.15, 0.2) is 12.1 Å². The zero-order valence-corrected chi connectivity index (χ0v) is 12.4. The highest BCUT2D eigenvalue weighted by Gasteiger charge is 2.14. The van der Waals surface area contributed by atoms with E-state index in [-0.39, 0.29) is 5.91 Å². The number of anilines is 1. The first-order valence-electron chi connectivity index (χ1n) is 6.98. The standard InChI is InChI=1S/C14H24N4O/c1-5-8-11-17(4)13-10-9-12(15-16-13)14(19)18(6-2)7-3/h9-10H,5-8,11H2,1-4H3. The summed E-state index contributed by atoms with van der Waals surface area (Å²) in [6, 6.07) is 3.62. The molecule has 1 aromatic heterocycles. The van der Waals surface area contributed by atoms with E-state index in [2.05, 4.69) is 22.0 Å². The van der Waals surface area contributed by atoms with E-state index in [0.717, 1.165) is 25.2 Å². The molecule has 106 valence electrons. The Morgan fingerprint density at radius 3 is 2.32 bits per heavy atom. The first kappa shape index (κ1) is 15.4. The van der Waals surface area contributed by atoms with Crippen LogP contribution in [0.2, 0.25) is 0 Å². The second kappa shape index (κ2) is 7.71. The molecule has 1 amide bonds. The summed E-state index contributed by atoms with van der Waals surface area (Å²) in [5.74, 6) is 0.754. The number of aromatic nitrogens is 2. The Hall–Kier alpha value is -1.65. The number of hydrogen-bond donors (Lipinski definition) is 0. The lowest BCUT2D eigenvalue weighted by atomic mass is 10.3. The van der Waals surface area contributed by atoms with Crippen molar-refractivity contribution in [2.24, 2.45) is 0 Å². The first-order valence-corrected chi connectivity index (χ1v) is 6.98. The molecule has 0 radical (unpaired) electrons. The normalized spacial score (nSPS) is 10.3. The summed E-state index contributed by atoms with van der Waals surface area (Å²) in [4.78, 5) is 15.9. The summed E-state index contributed by atoms with van der Waals surface area (Å²) in [5.41, 5.74) is 0.413. The summed E-state index contributed by atoms with van der Waals surface area (Å²) in [7, 11) is 1.99. The van der Waals surface area contributed by atoms with E-state index < -0.39 is 0 Å². The van der Waals surface area contributed by atoms with Crippen molar-refractivity contribution in [1.29, 1.82) is 0 Å². The lowest BCUT2D eigenvalue weighted by Crippen LogP contribution is -2.31. The van der Waals surface area contributed by atoms with Crippen LogP contribution in [0.25, 0.3) is 0 Å². The Kier molecular flexibility index (Phi) is 6.25. The van der Waals surface area contributed by atoms with Gasteiger partial charge >= 0.3 is 0 Å². The first-order chi connectivity index (χ1) is 9.13. The van der Waals surface area contributed by atoms with E-state index in [1.165, 1.54) is 0 Å². The van der Waals surface area contributed by atoms with Crippen LogP contribution in [-0.2, 0) is 0 Å². The van der Waals surface area contributed by atoms with Crippen molar-refractivity contribution in [3.8, 4) is 0 Å². The molecular formula is C14H24N4O. The van der Waals surface area contributed by atoms with Gasteiger partial charge in [-0.25, -0.2) is 0 Å². The number of unbranched alkanes of at least 4 members (excludes halogenated alkanes) is 1. The maximum atomic E-state index is 12.1. The molecule has 0 saturated heterocycles. The minimum atomic E-state index is -0.0553. The van der Waals surface area contributed by atoms with Crippen molar-refractivity contribution < 1.29 is 4.79 Å². The molecule has 5 nitrogen and oxygen atoms in total. The van der Waals surface area contributed by atoms with Gasteiger partial charge < -0.3 is 9.80 Å². The molecule has 0 spiro atoms. The molecule has 0 atom stereocenters. The topological polar surface area (TPSA) is 49.3 Å². The van der Waals surface area contributed by atoms with Crippen LogP contribution in [0, 0.1) is 0 Å². The third-order valence-electron chi connectivity index (χ3n) is 3.16. The van der Waals surface area contributed by atoms with Crippen LogP contribution in [0.3, 0.4) is 0 Å². The molecule has 1 aromatic rings. The fourth-order valence-electron chi connectivity index (χ4n) is 1.83. The number of carbonyl (C=O) groups excluding carboxylic acids is 1. The number of amides is 1. The largest absolute Gasteiger partial charge is 0.358 e. The van der Waals surface area contributed by atoms with Gasteiger partial charge in [0.1, 0.15) is 0 Å². The Morgan fingerprint density at radius 1 is 1.16 bits per heavy atom. The summed E-state index contributed by atoms with van der Waals surface area (Å²) in [6.45, 7) is 8.41. The average molecular weight is 264 g/mol. The van der Waals surface area contributed by atoms with Crippen LogP contribution in [0.4, 0.5) is 5.82 Å². The molecule has 0 saturated carbocycles. The van der Waals surface area contributed by atoms with Gasteiger partial charge in [-0.2, -0.15) is 0 Å². The van der Waals surface area contributed by atoms with Gasteiger partial charge in [0.25, 0.3) is 5.91 Å². The van der Waals surface area contributed by atoms with Crippen LogP contribution >= 0.6 is 0 Å². The highest BCUT2D eigenvalue weighted by atomic mass is 16.2. The second-order valence-electron chi connectivity index (χ2n) is 4.53.